The number of aromatic nitrogens is 2. The Kier molecular flexibility index (Phi) is 4.65. The van der Waals surface area contributed by atoms with Crippen molar-refractivity contribution in [1.82, 2.24) is 15.1 Å². The number of benzene rings is 2. The number of likely N-dealkylation sites (tertiary alicyclic amines) is 1. The number of nitrogens with zero attached hydrogens (tertiary/aromatic N) is 4. The van der Waals surface area contributed by atoms with Crippen LogP contribution in [0.5, 0.6) is 5.75 Å². The van der Waals surface area contributed by atoms with Crippen molar-refractivity contribution in [2.24, 2.45) is 5.41 Å². The quantitative estimate of drug-likeness (QED) is 0.644. The van der Waals surface area contributed by atoms with E-state index in [2.05, 4.69) is 32.4 Å². The maximum Gasteiger partial charge on any atom is 0.266 e. The maximum absolute atomic E-state index is 14.4. The Balaban J connectivity index is 1.38. The molecule has 0 atom stereocenters. The molecule has 2 aliphatic heterocycles. The van der Waals surface area contributed by atoms with E-state index in [-0.39, 0.29) is 12.1 Å². The molecular weight excluding hydrogens is 407 g/mol. The number of anilines is 2. The third-order valence-electron chi connectivity index (χ3n) is 6.12. The monoisotopic (exact) mass is 429 g/mol. The van der Waals surface area contributed by atoms with Crippen LogP contribution in [0, 0.1) is 11.2 Å². The summed E-state index contributed by atoms with van der Waals surface area (Å²) in [4.78, 5) is 4.63. The molecule has 2 aromatic carbocycles. The normalized spacial score (nSPS) is 17.8. The highest BCUT2D eigenvalue weighted by Gasteiger charge is 2.50. The van der Waals surface area contributed by atoms with E-state index in [4.69, 9.17) is 0 Å². The number of halogens is 3. The number of aromatic hydroxyl groups is 1. The molecule has 2 saturated heterocycles. The Bertz CT molecular complexity index is 1140. The Labute approximate surface area is 177 Å². The largest absolute Gasteiger partial charge is 0.508 e. The second-order valence-electron chi connectivity index (χ2n) is 8.65. The molecule has 2 fully saturated rings. The number of phenolic OH excluding ortho intramolecular Hbond substituents is 1. The number of alkyl halides is 2. The summed E-state index contributed by atoms with van der Waals surface area (Å²) in [6.45, 7) is 4.17. The van der Waals surface area contributed by atoms with Crippen LogP contribution >= 0.6 is 0 Å². The first kappa shape index (κ1) is 19.9. The highest BCUT2D eigenvalue weighted by atomic mass is 19.3. The van der Waals surface area contributed by atoms with Crippen molar-refractivity contribution in [3.63, 3.8) is 0 Å². The molecule has 6 nitrogen and oxygen atoms in total. The molecule has 0 radical (unpaired) electrons. The van der Waals surface area contributed by atoms with Gasteiger partial charge in [-0.1, -0.05) is 0 Å². The lowest BCUT2D eigenvalue weighted by Crippen LogP contribution is -2.71. The molecule has 9 heteroatoms. The highest BCUT2D eigenvalue weighted by Crippen LogP contribution is 2.42. The third-order valence-corrected chi connectivity index (χ3v) is 6.12. The highest BCUT2D eigenvalue weighted by molar-refractivity contribution is 5.93. The molecule has 3 heterocycles. The third kappa shape index (κ3) is 3.52. The number of hydrogen-bond donors (Lipinski definition) is 2. The van der Waals surface area contributed by atoms with E-state index in [0.29, 0.717) is 16.6 Å². The maximum atomic E-state index is 14.4. The second-order valence-corrected chi connectivity index (χ2v) is 8.65. The average Bonchev–Trinajstić information content (AvgIpc) is 2.69. The van der Waals surface area contributed by atoms with Gasteiger partial charge >= 0.3 is 0 Å². The number of rotatable bonds is 5. The first-order chi connectivity index (χ1) is 14.8. The summed E-state index contributed by atoms with van der Waals surface area (Å²) in [6, 6.07) is 7.82. The summed E-state index contributed by atoms with van der Waals surface area (Å²) in [5.41, 5.74) is 1.91. The van der Waals surface area contributed by atoms with Gasteiger partial charge in [0.2, 0.25) is 0 Å². The summed E-state index contributed by atoms with van der Waals surface area (Å²) < 4.78 is 40.5. The summed E-state index contributed by atoms with van der Waals surface area (Å²) in [5.74, 6) is -1.43. The van der Waals surface area contributed by atoms with Gasteiger partial charge in [0.25, 0.3) is 6.43 Å². The number of nitrogens with one attached hydrogen (secondary N) is 1. The summed E-state index contributed by atoms with van der Waals surface area (Å²) in [7, 11) is 2.13. The molecule has 0 bridgehead atoms. The lowest BCUT2D eigenvalue weighted by atomic mass is 9.73. The molecule has 3 aromatic rings. The molecule has 0 unspecified atom stereocenters. The first-order valence-corrected chi connectivity index (χ1v) is 10.1. The molecule has 0 amide bonds. The minimum Gasteiger partial charge on any atom is -0.508 e. The number of phenols is 1. The van der Waals surface area contributed by atoms with E-state index >= 15 is 0 Å². The van der Waals surface area contributed by atoms with Crippen molar-refractivity contribution in [1.29, 1.82) is 0 Å². The van der Waals surface area contributed by atoms with Gasteiger partial charge in [-0.25, -0.2) is 13.2 Å². The van der Waals surface area contributed by atoms with Crippen LogP contribution in [-0.2, 0) is 6.54 Å². The standard InChI is InChI=1S/C22H22F3N5O/c1-29-9-22(10-29)11-30(12-22)14-2-3-18-16(5-14)19(8-27-28-18)26-7-13-4-15(31)6-17(20(13)23)21(24)25/h2-6,8,21,31H,7,9-12H2,1H3,(H,26,28). The Hall–Kier alpha value is -3.07. The second kappa shape index (κ2) is 7.26. The molecule has 31 heavy (non-hydrogen) atoms. The fourth-order valence-corrected chi connectivity index (χ4v) is 4.80. The first-order valence-electron chi connectivity index (χ1n) is 10.1. The van der Waals surface area contributed by atoms with Gasteiger partial charge in [-0.2, -0.15) is 10.2 Å². The van der Waals surface area contributed by atoms with Crippen LogP contribution in [0.25, 0.3) is 10.9 Å². The zero-order valence-corrected chi connectivity index (χ0v) is 16.9. The van der Waals surface area contributed by atoms with Crippen molar-refractivity contribution in [2.45, 2.75) is 13.0 Å². The van der Waals surface area contributed by atoms with Gasteiger partial charge in [0.1, 0.15) is 11.6 Å². The van der Waals surface area contributed by atoms with Crippen molar-refractivity contribution in [3.05, 3.63) is 53.5 Å². The van der Waals surface area contributed by atoms with Crippen LogP contribution in [-0.4, -0.2) is 53.4 Å². The van der Waals surface area contributed by atoms with Gasteiger partial charge < -0.3 is 20.2 Å². The molecule has 1 aromatic heterocycles. The fourth-order valence-electron chi connectivity index (χ4n) is 4.80. The topological polar surface area (TPSA) is 64.5 Å². The van der Waals surface area contributed by atoms with Gasteiger partial charge in [0, 0.05) is 54.8 Å². The Morgan fingerprint density at radius 1 is 1.16 bits per heavy atom. The van der Waals surface area contributed by atoms with E-state index in [1.165, 1.54) is 6.20 Å². The fraction of sp³-hybridized carbons (Fsp3) is 0.364. The smallest absolute Gasteiger partial charge is 0.266 e. The molecular formula is C22H22F3N5O. The SMILES string of the molecule is CN1CC2(C1)CN(c1ccc3nncc(NCc4cc(O)cc(C(F)F)c4F)c3c1)C2. The molecule has 1 spiro atoms. The van der Waals surface area contributed by atoms with Gasteiger partial charge in [-0.3, -0.25) is 0 Å². The van der Waals surface area contributed by atoms with Gasteiger partial charge in [-0.05, 0) is 37.4 Å². The predicted molar refractivity (Wildman–Crippen MR) is 112 cm³/mol. The van der Waals surface area contributed by atoms with Crippen LogP contribution in [0.15, 0.2) is 36.5 Å². The van der Waals surface area contributed by atoms with Gasteiger partial charge in [0.05, 0.1) is 23.0 Å². The Morgan fingerprint density at radius 3 is 2.65 bits per heavy atom. The van der Waals surface area contributed by atoms with Crippen LogP contribution in [0.1, 0.15) is 17.6 Å². The van der Waals surface area contributed by atoms with Gasteiger partial charge in [-0.15, -0.1) is 0 Å². The number of fused-ring (bicyclic) bond motifs is 1. The van der Waals surface area contributed by atoms with Crippen LogP contribution in [0.4, 0.5) is 24.5 Å². The van der Waals surface area contributed by atoms with E-state index in [9.17, 15) is 18.3 Å². The zero-order valence-electron chi connectivity index (χ0n) is 16.9. The van der Waals surface area contributed by atoms with E-state index in [1.54, 1.807) is 0 Å². The van der Waals surface area contributed by atoms with Crippen molar-refractivity contribution in [3.8, 4) is 5.75 Å². The average molecular weight is 429 g/mol. The number of hydrogen-bond acceptors (Lipinski definition) is 6. The van der Waals surface area contributed by atoms with Crippen molar-refractivity contribution < 1.29 is 18.3 Å². The minimum atomic E-state index is -3.01. The van der Waals surface area contributed by atoms with E-state index in [0.717, 1.165) is 49.4 Å². The zero-order chi connectivity index (χ0) is 21.8. The van der Waals surface area contributed by atoms with Crippen LogP contribution in [0.2, 0.25) is 0 Å². The van der Waals surface area contributed by atoms with Crippen LogP contribution in [0.3, 0.4) is 0 Å². The summed E-state index contributed by atoms with van der Waals surface area (Å²) in [5, 5.41) is 21.7. The lowest BCUT2D eigenvalue weighted by Gasteiger charge is -2.60. The molecule has 2 aliphatic rings. The Morgan fingerprint density at radius 2 is 1.94 bits per heavy atom. The predicted octanol–water partition coefficient (Wildman–Crippen LogP) is 3.78. The summed E-state index contributed by atoms with van der Waals surface area (Å²) >= 11 is 0. The molecule has 162 valence electrons. The van der Waals surface area contributed by atoms with Crippen molar-refractivity contribution in [2.75, 3.05) is 43.4 Å². The molecule has 5 rings (SSSR count). The molecule has 2 N–H and O–H groups in total. The summed E-state index contributed by atoms with van der Waals surface area (Å²) in [6.07, 6.45) is -1.48. The van der Waals surface area contributed by atoms with Gasteiger partial charge in [0.15, 0.2) is 0 Å². The van der Waals surface area contributed by atoms with E-state index in [1.807, 2.05) is 18.2 Å². The molecule has 0 saturated carbocycles. The molecule has 0 aliphatic carbocycles. The lowest BCUT2D eigenvalue weighted by molar-refractivity contribution is -0.00237. The van der Waals surface area contributed by atoms with Crippen molar-refractivity contribution >= 4 is 22.3 Å². The van der Waals surface area contributed by atoms with E-state index < -0.39 is 23.6 Å². The minimum absolute atomic E-state index is 0.0461. The van der Waals surface area contributed by atoms with Crippen LogP contribution < -0.4 is 10.2 Å².